The zero-order valence-corrected chi connectivity index (χ0v) is 16.0. The first-order valence-corrected chi connectivity index (χ1v) is 10.1. The van der Waals surface area contributed by atoms with Crippen molar-refractivity contribution in [3.8, 4) is 0 Å². The van der Waals surface area contributed by atoms with Crippen LogP contribution in [0.4, 0.5) is 0 Å². The highest BCUT2D eigenvalue weighted by atomic mass is 35.5. The maximum absolute atomic E-state index is 13.0. The standard InChI is InChI=1S/C18H22ClN3O2S/c1-14-5-6-15(2)17(12-14)25(23,24)22-10-8-21(9-11-22)13-16-4-3-7-20-18(16)19/h3-7,12H,8-11,13H2,1-2H3. The largest absolute Gasteiger partial charge is 0.296 e. The summed E-state index contributed by atoms with van der Waals surface area (Å²) in [6, 6.07) is 9.37. The fourth-order valence-electron chi connectivity index (χ4n) is 3.03. The minimum absolute atomic E-state index is 0.413. The molecule has 134 valence electrons. The van der Waals surface area contributed by atoms with Crippen LogP contribution in [0.25, 0.3) is 0 Å². The summed E-state index contributed by atoms with van der Waals surface area (Å²) < 4.78 is 27.5. The molecule has 1 aromatic heterocycles. The molecule has 1 aliphatic heterocycles. The van der Waals surface area contributed by atoms with Crippen LogP contribution in [0, 0.1) is 13.8 Å². The number of nitrogens with zero attached hydrogens (tertiary/aromatic N) is 3. The van der Waals surface area contributed by atoms with Crippen LogP contribution in [0.3, 0.4) is 0 Å². The summed E-state index contributed by atoms with van der Waals surface area (Å²) in [7, 11) is -3.45. The fourth-order valence-corrected chi connectivity index (χ4v) is 4.94. The maximum atomic E-state index is 13.0. The van der Waals surface area contributed by atoms with Crippen LogP contribution in [0.2, 0.25) is 5.15 Å². The van der Waals surface area contributed by atoms with Gasteiger partial charge in [0.2, 0.25) is 10.0 Å². The molecule has 0 amide bonds. The highest BCUT2D eigenvalue weighted by Crippen LogP contribution is 2.23. The third-order valence-electron chi connectivity index (χ3n) is 4.52. The van der Waals surface area contributed by atoms with E-state index in [1.165, 1.54) is 0 Å². The minimum Gasteiger partial charge on any atom is -0.296 e. The normalized spacial score (nSPS) is 16.9. The molecule has 0 bridgehead atoms. The summed E-state index contributed by atoms with van der Waals surface area (Å²) in [6.45, 7) is 6.75. The van der Waals surface area contributed by atoms with E-state index in [4.69, 9.17) is 11.6 Å². The second kappa shape index (κ2) is 7.41. The summed E-state index contributed by atoms with van der Waals surface area (Å²) in [5, 5.41) is 0.507. The molecule has 3 rings (SSSR count). The summed E-state index contributed by atoms with van der Waals surface area (Å²) in [5.74, 6) is 0. The smallest absolute Gasteiger partial charge is 0.243 e. The fraction of sp³-hybridized carbons (Fsp3) is 0.389. The Bertz CT molecular complexity index is 862. The van der Waals surface area contributed by atoms with Crippen molar-refractivity contribution in [3.63, 3.8) is 0 Å². The van der Waals surface area contributed by atoms with Crippen molar-refractivity contribution in [1.82, 2.24) is 14.2 Å². The maximum Gasteiger partial charge on any atom is 0.243 e. The van der Waals surface area contributed by atoms with Gasteiger partial charge in [-0.25, -0.2) is 13.4 Å². The predicted molar refractivity (Wildman–Crippen MR) is 99.2 cm³/mol. The van der Waals surface area contributed by atoms with Gasteiger partial charge in [-0.15, -0.1) is 0 Å². The van der Waals surface area contributed by atoms with Crippen LogP contribution < -0.4 is 0 Å². The number of halogens is 1. The molecule has 2 aromatic rings. The molecular weight excluding hydrogens is 358 g/mol. The first-order valence-electron chi connectivity index (χ1n) is 8.27. The molecule has 0 unspecified atom stereocenters. The SMILES string of the molecule is Cc1ccc(C)c(S(=O)(=O)N2CCN(Cc3cccnc3Cl)CC2)c1. The van der Waals surface area contributed by atoms with Crippen LogP contribution in [0.5, 0.6) is 0 Å². The third kappa shape index (κ3) is 4.03. The molecule has 1 aromatic carbocycles. The number of hydrogen-bond acceptors (Lipinski definition) is 4. The monoisotopic (exact) mass is 379 g/mol. The first kappa shape index (κ1) is 18.3. The van der Waals surface area contributed by atoms with Gasteiger partial charge in [0.05, 0.1) is 4.90 Å². The Labute approximate surface area is 154 Å². The van der Waals surface area contributed by atoms with Crippen LogP contribution in [0.15, 0.2) is 41.4 Å². The Morgan fingerprint density at radius 1 is 1.12 bits per heavy atom. The van der Waals surface area contributed by atoms with E-state index in [2.05, 4.69) is 9.88 Å². The Morgan fingerprint density at radius 2 is 1.84 bits per heavy atom. The van der Waals surface area contributed by atoms with E-state index in [-0.39, 0.29) is 0 Å². The number of rotatable bonds is 4. The van der Waals surface area contributed by atoms with Crippen molar-refractivity contribution in [2.75, 3.05) is 26.2 Å². The van der Waals surface area contributed by atoms with Crippen LogP contribution in [-0.2, 0) is 16.6 Å². The van der Waals surface area contributed by atoms with Crippen molar-refractivity contribution in [1.29, 1.82) is 0 Å². The van der Waals surface area contributed by atoms with Gasteiger partial charge < -0.3 is 0 Å². The second-order valence-corrected chi connectivity index (χ2v) is 8.67. The predicted octanol–water partition coefficient (Wildman–Crippen LogP) is 2.86. The molecular formula is C18H22ClN3O2S. The van der Waals surface area contributed by atoms with E-state index >= 15 is 0 Å². The van der Waals surface area contributed by atoms with Gasteiger partial charge >= 0.3 is 0 Å². The molecule has 0 saturated carbocycles. The average molecular weight is 380 g/mol. The van der Waals surface area contributed by atoms with E-state index in [1.54, 1.807) is 16.6 Å². The van der Waals surface area contributed by atoms with Crippen LogP contribution >= 0.6 is 11.6 Å². The molecule has 0 aliphatic carbocycles. The van der Waals surface area contributed by atoms with Crippen molar-refractivity contribution in [3.05, 3.63) is 58.4 Å². The quantitative estimate of drug-likeness (QED) is 0.766. The topological polar surface area (TPSA) is 53.5 Å². The van der Waals surface area contributed by atoms with Crippen LogP contribution in [0.1, 0.15) is 16.7 Å². The molecule has 25 heavy (non-hydrogen) atoms. The van der Waals surface area contributed by atoms with Gasteiger partial charge in [0.15, 0.2) is 0 Å². The van der Waals surface area contributed by atoms with Crippen molar-refractivity contribution >= 4 is 21.6 Å². The Morgan fingerprint density at radius 3 is 2.52 bits per heavy atom. The van der Waals surface area contributed by atoms with E-state index in [1.807, 2.05) is 38.1 Å². The van der Waals surface area contributed by atoms with E-state index in [9.17, 15) is 8.42 Å². The molecule has 1 saturated heterocycles. The number of hydrogen-bond donors (Lipinski definition) is 0. The van der Waals surface area contributed by atoms with E-state index < -0.39 is 10.0 Å². The van der Waals surface area contributed by atoms with Gasteiger partial charge in [-0.1, -0.05) is 29.8 Å². The Balaban J connectivity index is 1.69. The molecule has 7 heteroatoms. The number of sulfonamides is 1. The average Bonchev–Trinajstić information content (AvgIpc) is 2.59. The van der Waals surface area contributed by atoms with Crippen molar-refractivity contribution in [2.24, 2.45) is 0 Å². The highest BCUT2D eigenvalue weighted by Gasteiger charge is 2.29. The summed E-state index contributed by atoms with van der Waals surface area (Å²) in [5.41, 5.74) is 2.71. The minimum atomic E-state index is -3.45. The molecule has 5 nitrogen and oxygen atoms in total. The highest BCUT2D eigenvalue weighted by molar-refractivity contribution is 7.89. The molecule has 0 atom stereocenters. The molecule has 0 radical (unpaired) electrons. The van der Waals surface area contributed by atoms with Gasteiger partial charge in [0.25, 0.3) is 0 Å². The third-order valence-corrected chi connectivity index (χ3v) is 6.90. The second-order valence-electron chi connectivity index (χ2n) is 6.40. The lowest BCUT2D eigenvalue weighted by Gasteiger charge is -2.34. The Hall–Kier alpha value is -1.47. The number of piperazine rings is 1. The molecule has 2 heterocycles. The molecule has 0 spiro atoms. The van der Waals surface area contributed by atoms with Gasteiger partial charge in [-0.2, -0.15) is 4.31 Å². The molecule has 0 N–H and O–H groups in total. The van der Waals surface area contributed by atoms with Crippen LogP contribution in [-0.4, -0.2) is 48.8 Å². The summed E-state index contributed by atoms with van der Waals surface area (Å²) in [6.07, 6.45) is 1.67. The lowest BCUT2D eigenvalue weighted by Crippen LogP contribution is -2.48. The summed E-state index contributed by atoms with van der Waals surface area (Å²) in [4.78, 5) is 6.71. The van der Waals surface area contributed by atoms with E-state index in [0.717, 1.165) is 16.7 Å². The van der Waals surface area contributed by atoms with Crippen molar-refractivity contribution in [2.45, 2.75) is 25.3 Å². The first-order chi connectivity index (χ1) is 11.9. The van der Waals surface area contributed by atoms with Gasteiger partial charge in [-0.3, -0.25) is 4.90 Å². The Kier molecular flexibility index (Phi) is 5.43. The number of aromatic nitrogens is 1. The van der Waals surface area contributed by atoms with E-state index in [0.29, 0.717) is 42.8 Å². The number of aryl methyl sites for hydroxylation is 2. The molecule has 1 fully saturated rings. The van der Waals surface area contributed by atoms with Gasteiger partial charge in [0, 0.05) is 44.5 Å². The van der Waals surface area contributed by atoms with Gasteiger partial charge in [0.1, 0.15) is 5.15 Å². The van der Waals surface area contributed by atoms with Crippen molar-refractivity contribution < 1.29 is 8.42 Å². The summed E-state index contributed by atoms with van der Waals surface area (Å²) >= 11 is 6.11. The number of benzene rings is 1. The zero-order valence-electron chi connectivity index (χ0n) is 14.4. The lowest BCUT2D eigenvalue weighted by molar-refractivity contribution is 0.181. The van der Waals surface area contributed by atoms with Gasteiger partial charge in [-0.05, 0) is 37.1 Å². The lowest BCUT2D eigenvalue weighted by atomic mass is 10.2. The number of pyridine rings is 1. The zero-order chi connectivity index (χ0) is 18.0. The molecule has 1 aliphatic rings.